The Kier molecular flexibility index (Phi) is 7.05. The summed E-state index contributed by atoms with van der Waals surface area (Å²) in [6.45, 7) is 1.79. The molecule has 12 heteroatoms. The summed E-state index contributed by atoms with van der Waals surface area (Å²) < 4.78 is 34.0. The molecule has 37 heavy (non-hydrogen) atoms. The molecule has 2 heterocycles. The number of rotatable bonds is 7. The lowest BCUT2D eigenvalue weighted by atomic mass is 9.94. The molecular formula is C25H22FN5O6. The highest BCUT2D eigenvalue weighted by Crippen LogP contribution is 2.49. The van der Waals surface area contributed by atoms with E-state index < -0.39 is 48.0 Å². The lowest BCUT2D eigenvalue weighted by Crippen LogP contribution is -2.51. The maximum absolute atomic E-state index is 16.5. The molecule has 190 valence electrons. The summed E-state index contributed by atoms with van der Waals surface area (Å²) in [5.74, 6) is -1.76. The minimum atomic E-state index is -2.64. The van der Waals surface area contributed by atoms with Gasteiger partial charge >= 0.3 is 17.6 Å². The van der Waals surface area contributed by atoms with Crippen LogP contribution in [0, 0.1) is 6.92 Å². The van der Waals surface area contributed by atoms with Gasteiger partial charge in [-0.25, -0.2) is 18.8 Å². The molecular weight excluding hydrogens is 485 g/mol. The van der Waals surface area contributed by atoms with Gasteiger partial charge in [0.15, 0.2) is 18.0 Å². The minimum absolute atomic E-state index is 0.0898. The standard InChI is InChI=1S/C25H22FN5O6/c1-16-13-14-31(23(34)28-16)22-24(2,26)21(36-20(33)18-11-7-4-8-12-18)25(37-22,29-30-27)15-35-19(32)17-9-5-3-6-10-17/h3-14,21-22H,15H2,1-2H3/t21-,22+,24+,25+/m0/s1. The first-order chi connectivity index (χ1) is 17.7. The molecule has 0 radical (unpaired) electrons. The number of azide groups is 1. The van der Waals surface area contributed by atoms with Crippen LogP contribution in [0.4, 0.5) is 4.39 Å². The highest BCUT2D eigenvalue weighted by Gasteiger charge is 2.67. The maximum atomic E-state index is 16.5. The van der Waals surface area contributed by atoms with Gasteiger partial charge in [-0.05, 0) is 49.7 Å². The Morgan fingerprint density at radius 3 is 2.27 bits per heavy atom. The van der Waals surface area contributed by atoms with Crippen LogP contribution in [0.1, 0.15) is 39.6 Å². The molecule has 1 aliphatic rings. The predicted molar refractivity (Wildman–Crippen MR) is 127 cm³/mol. The summed E-state index contributed by atoms with van der Waals surface area (Å²) in [5, 5.41) is 3.60. The molecule has 1 fully saturated rings. The summed E-state index contributed by atoms with van der Waals surface area (Å²) in [6.07, 6.45) is -2.42. The van der Waals surface area contributed by atoms with Crippen molar-refractivity contribution < 1.29 is 28.2 Å². The van der Waals surface area contributed by atoms with E-state index in [0.29, 0.717) is 5.69 Å². The van der Waals surface area contributed by atoms with Crippen molar-refractivity contribution in [1.82, 2.24) is 9.55 Å². The van der Waals surface area contributed by atoms with Crippen molar-refractivity contribution in [1.29, 1.82) is 0 Å². The van der Waals surface area contributed by atoms with Gasteiger partial charge in [-0.2, -0.15) is 4.98 Å². The Hall–Kier alpha value is -4.54. The Morgan fingerprint density at radius 1 is 1.11 bits per heavy atom. The monoisotopic (exact) mass is 507 g/mol. The molecule has 4 atom stereocenters. The third kappa shape index (κ3) is 5.06. The number of ether oxygens (including phenoxy) is 3. The molecule has 1 aliphatic heterocycles. The Bertz CT molecular complexity index is 1410. The molecule has 1 saturated heterocycles. The Morgan fingerprint density at radius 2 is 1.70 bits per heavy atom. The molecule has 0 spiro atoms. The van der Waals surface area contributed by atoms with Gasteiger partial charge in [0, 0.05) is 16.8 Å². The van der Waals surface area contributed by atoms with Gasteiger partial charge in [0.05, 0.1) is 11.1 Å². The third-order valence-electron chi connectivity index (χ3n) is 5.81. The summed E-state index contributed by atoms with van der Waals surface area (Å²) in [7, 11) is 0. The zero-order valence-electron chi connectivity index (χ0n) is 19.9. The quantitative estimate of drug-likeness (QED) is 0.204. The van der Waals surface area contributed by atoms with Crippen LogP contribution >= 0.6 is 0 Å². The van der Waals surface area contributed by atoms with E-state index in [1.165, 1.54) is 36.5 Å². The highest BCUT2D eigenvalue weighted by molar-refractivity contribution is 5.90. The van der Waals surface area contributed by atoms with Gasteiger partial charge in [-0.1, -0.05) is 41.5 Å². The fourth-order valence-electron chi connectivity index (χ4n) is 4.02. The fourth-order valence-corrected chi connectivity index (χ4v) is 4.02. The van der Waals surface area contributed by atoms with Gasteiger partial charge in [0.1, 0.15) is 6.61 Å². The zero-order valence-corrected chi connectivity index (χ0v) is 19.9. The van der Waals surface area contributed by atoms with E-state index in [1.54, 1.807) is 43.3 Å². The van der Waals surface area contributed by atoms with E-state index in [4.69, 9.17) is 14.2 Å². The molecule has 3 aromatic rings. The van der Waals surface area contributed by atoms with Gasteiger partial charge in [0.25, 0.3) is 0 Å². The first-order valence-electron chi connectivity index (χ1n) is 11.1. The maximum Gasteiger partial charge on any atom is 0.349 e. The topological polar surface area (TPSA) is 145 Å². The van der Waals surface area contributed by atoms with Crippen LogP contribution in [-0.2, 0) is 14.2 Å². The van der Waals surface area contributed by atoms with Crippen LogP contribution in [0.3, 0.4) is 0 Å². The summed E-state index contributed by atoms with van der Waals surface area (Å²) in [4.78, 5) is 44.7. The molecule has 2 aromatic carbocycles. The smallest absolute Gasteiger partial charge is 0.349 e. The number of halogens is 1. The molecule has 11 nitrogen and oxygen atoms in total. The van der Waals surface area contributed by atoms with Crippen molar-refractivity contribution in [2.24, 2.45) is 5.11 Å². The van der Waals surface area contributed by atoms with Crippen LogP contribution < -0.4 is 5.69 Å². The average Bonchev–Trinajstić information content (AvgIpc) is 3.10. The van der Waals surface area contributed by atoms with Crippen LogP contribution in [0.25, 0.3) is 10.4 Å². The summed E-state index contributed by atoms with van der Waals surface area (Å²) in [6, 6.07) is 17.1. The number of hydrogen-bond acceptors (Lipinski definition) is 8. The molecule has 4 rings (SSSR count). The number of hydrogen-bond donors (Lipinski definition) is 0. The number of carbonyl (C=O) groups is 2. The number of benzene rings is 2. The predicted octanol–water partition coefficient (Wildman–Crippen LogP) is 3.90. The van der Waals surface area contributed by atoms with E-state index in [1.807, 2.05) is 0 Å². The summed E-state index contributed by atoms with van der Waals surface area (Å²) in [5.41, 5.74) is 4.15. The van der Waals surface area contributed by atoms with E-state index in [9.17, 15) is 19.9 Å². The van der Waals surface area contributed by atoms with Crippen molar-refractivity contribution in [2.45, 2.75) is 37.6 Å². The second-order valence-electron chi connectivity index (χ2n) is 8.51. The molecule has 0 saturated carbocycles. The van der Waals surface area contributed by atoms with Gasteiger partial charge < -0.3 is 14.2 Å². The molecule has 0 unspecified atom stereocenters. The lowest BCUT2D eigenvalue weighted by Gasteiger charge is -2.31. The number of esters is 2. The third-order valence-corrected chi connectivity index (χ3v) is 5.81. The second kappa shape index (κ2) is 10.2. The number of aryl methyl sites for hydroxylation is 1. The zero-order chi connectivity index (χ0) is 26.6. The molecule has 0 amide bonds. The average molecular weight is 507 g/mol. The first-order valence-corrected chi connectivity index (χ1v) is 11.1. The SMILES string of the molecule is Cc1ccn([C@@H]2O[C@@](COC(=O)c3ccccc3)(N=[N+]=[N-])[C@@H](OC(=O)c3ccccc3)[C@@]2(C)F)c(=O)n1. The first kappa shape index (κ1) is 25.5. The largest absolute Gasteiger partial charge is 0.459 e. The summed E-state index contributed by atoms with van der Waals surface area (Å²) >= 11 is 0. The Balaban J connectivity index is 1.76. The number of nitrogens with zero attached hydrogens (tertiary/aromatic N) is 5. The minimum Gasteiger partial charge on any atom is -0.459 e. The Labute approximate surface area is 210 Å². The number of alkyl halides is 1. The van der Waals surface area contributed by atoms with E-state index >= 15 is 4.39 Å². The van der Waals surface area contributed by atoms with Crippen molar-refractivity contribution in [3.8, 4) is 0 Å². The van der Waals surface area contributed by atoms with Crippen molar-refractivity contribution in [3.05, 3.63) is 111 Å². The van der Waals surface area contributed by atoms with E-state index in [2.05, 4.69) is 15.0 Å². The second-order valence-corrected chi connectivity index (χ2v) is 8.51. The van der Waals surface area contributed by atoms with Gasteiger partial charge in [-0.15, -0.1) is 0 Å². The van der Waals surface area contributed by atoms with Crippen molar-refractivity contribution in [3.63, 3.8) is 0 Å². The normalized spacial score (nSPS) is 24.6. The van der Waals surface area contributed by atoms with Gasteiger partial charge in [0.2, 0.25) is 5.72 Å². The molecule has 0 bridgehead atoms. The van der Waals surface area contributed by atoms with Crippen molar-refractivity contribution in [2.75, 3.05) is 6.61 Å². The molecule has 0 N–H and O–H groups in total. The van der Waals surface area contributed by atoms with E-state index in [0.717, 1.165) is 11.5 Å². The molecule has 0 aliphatic carbocycles. The molecule has 1 aromatic heterocycles. The van der Waals surface area contributed by atoms with E-state index in [-0.39, 0.29) is 11.1 Å². The highest BCUT2D eigenvalue weighted by atomic mass is 19.1. The van der Waals surface area contributed by atoms with Crippen LogP contribution in [0.15, 0.2) is 82.8 Å². The van der Waals surface area contributed by atoms with Crippen LogP contribution in [0.2, 0.25) is 0 Å². The van der Waals surface area contributed by atoms with Gasteiger partial charge in [-0.3, -0.25) is 4.57 Å². The van der Waals surface area contributed by atoms with Crippen LogP contribution in [-0.4, -0.2) is 45.6 Å². The number of carbonyl (C=O) groups excluding carboxylic acids is 2. The van der Waals surface area contributed by atoms with Crippen molar-refractivity contribution >= 4 is 11.9 Å². The number of aromatic nitrogens is 2. The fraction of sp³-hybridized carbons (Fsp3) is 0.280. The lowest BCUT2D eigenvalue weighted by molar-refractivity contribution is -0.129. The van der Waals surface area contributed by atoms with Crippen LogP contribution in [0.5, 0.6) is 0 Å².